The van der Waals surface area contributed by atoms with Gasteiger partial charge in [0.2, 0.25) is 21.8 Å². The van der Waals surface area contributed by atoms with Crippen molar-refractivity contribution in [3.63, 3.8) is 0 Å². The Hall–Kier alpha value is -1.93. The first kappa shape index (κ1) is 25.2. The van der Waals surface area contributed by atoms with Gasteiger partial charge in [0.1, 0.15) is 6.54 Å². The Morgan fingerprint density at radius 3 is 2.35 bits per heavy atom. The van der Waals surface area contributed by atoms with Crippen LogP contribution in [0.5, 0.6) is 0 Å². The van der Waals surface area contributed by atoms with E-state index in [0.29, 0.717) is 44.0 Å². The number of rotatable bonds is 5. The maximum Gasteiger partial charge on any atom is 0.243 e. The minimum atomic E-state index is -3.56. The zero-order valence-electron chi connectivity index (χ0n) is 20.4. The number of hydrogen-bond acceptors (Lipinski definition) is 4. The van der Waals surface area contributed by atoms with Crippen LogP contribution < -0.4 is 10.2 Å². The Morgan fingerprint density at radius 1 is 0.971 bits per heavy atom. The summed E-state index contributed by atoms with van der Waals surface area (Å²) in [7, 11) is -3.56. The molecule has 2 aliphatic heterocycles. The summed E-state index contributed by atoms with van der Waals surface area (Å²) in [6.45, 7) is 3.24. The van der Waals surface area contributed by atoms with E-state index in [-0.39, 0.29) is 29.3 Å². The molecule has 1 aromatic rings. The quantitative estimate of drug-likeness (QED) is 0.677. The molecule has 8 heteroatoms. The van der Waals surface area contributed by atoms with E-state index in [1.807, 2.05) is 0 Å². The van der Waals surface area contributed by atoms with Crippen molar-refractivity contribution in [1.29, 1.82) is 0 Å². The van der Waals surface area contributed by atoms with Crippen LogP contribution in [-0.4, -0.2) is 50.2 Å². The highest BCUT2D eigenvalue weighted by Gasteiger charge is 2.31. The average molecular weight is 490 g/mol. The third-order valence-electron chi connectivity index (χ3n) is 7.63. The number of benzene rings is 1. The molecule has 0 bridgehead atoms. The largest absolute Gasteiger partial charge is 0.352 e. The van der Waals surface area contributed by atoms with Gasteiger partial charge < -0.3 is 10.2 Å². The summed E-state index contributed by atoms with van der Waals surface area (Å²) < 4.78 is 28.1. The molecule has 4 rings (SSSR count). The first-order chi connectivity index (χ1) is 16.3. The van der Waals surface area contributed by atoms with Crippen molar-refractivity contribution in [3.05, 3.63) is 23.8 Å². The Balaban J connectivity index is 1.50. The van der Waals surface area contributed by atoms with Crippen LogP contribution in [0.15, 0.2) is 23.1 Å². The number of piperidine rings is 1. The fourth-order valence-corrected chi connectivity index (χ4v) is 6.97. The molecule has 0 radical (unpaired) electrons. The third-order valence-corrected chi connectivity index (χ3v) is 9.53. The smallest absolute Gasteiger partial charge is 0.243 e. The lowest BCUT2D eigenvalue weighted by Crippen LogP contribution is -2.44. The number of carbonyl (C=O) groups excluding carboxylic acids is 2. The van der Waals surface area contributed by atoms with Gasteiger partial charge in [-0.2, -0.15) is 4.31 Å². The third kappa shape index (κ3) is 6.00. The van der Waals surface area contributed by atoms with Gasteiger partial charge in [-0.15, -0.1) is 0 Å². The summed E-state index contributed by atoms with van der Waals surface area (Å²) >= 11 is 0. The van der Waals surface area contributed by atoms with Crippen LogP contribution in [0, 0.1) is 5.92 Å². The monoisotopic (exact) mass is 489 g/mol. The van der Waals surface area contributed by atoms with E-state index >= 15 is 0 Å². The fourth-order valence-electron chi connectivity index (χ4n) is 5.45. The number of carbonyl (C=O) groups is 2. The van der Waals surface area contributed by atoms with E-state index in [1.165, 1.54) is 19.3 Å². The minimum Gasteiger partial charge on any atom is -0.352 e. The summed E-state index contributed by atoms with van der Waals surface area (Å²) in [6, 6.07) is 5.22. The second-order valence-electron chi connectivity index (χ2n) is 10.3. The zero-order valence-corrected chi connectivity index (χ0v) is 21.2. The van der Waals surface area contributed by atoms with Crippen LogP contribution in [-0.2, 0) is 26.0 Å². The molecule has 0 aromatic heterocycles. The van der Waals surface area contributed by atoms with Gasteiger partial charge in [0, 0.05) is 31.2 Å². The van der Waals surface area contributed by atoms with E-state index in [0.717, 1.165) is 44.1 Å². The highest BCUT2D eigenvalue weighted by Crippen LogP contribution is 2.31. The Morgan fingerprint density at radius 2 is 1.65 bits per heavy atom. The second-order valence-corrected chi connectivity index (χ2v) is 12.3. The Kier molecular flexibility index (Phi) is 8.30. The van der Waals surface area contributed by atoms with Crippen molar-refractivity contribution >= 4 is 27.5 Å². The average Bonchev–Trinajstić information content (AvgIpc) is 2.94. The molecule has 2 fully saturated rings. The molecular weight excluding hydrogens is 450 g/mol. The van der Waals surface area contributed by atoms with E-state index < -0.39 is 10.0 Å². The summed E-state index contributed by atoms with van der Waals surface area (Å²) in [4.78, 5) is 27.6. The van der Waals surface area contributed by atoms with Gasteiger partial charge in [0.15, 0.2) is 0 Å². The van der Waals surface area contributed by atoms with Crippen molar-refractivity contribution in [2.45, 2.75) is 94.9 Å². The number of amides is 2. The molecule has 3 aliphatic rings. The van der Waals surface area contributed by atoms with Gasteiger partial charge in [-0.05, 0) is 68.2 Å². The molecule has 1 aliphatic carbocycles. The number of hydrogen-bond donors (Lipinski definition) is 1. The van der Waals surface area contributed by atoms with Gasteiger partial charge in [-0.25, -0.2) is 8.42 Å². The van der Waals surface area contributed by atoms with E-state index in [1.54, 1.807) is 27.4 Å². The molecule has 0 unspecified atom stereocenters. The predicted octanol–water partition coefficient (Wildman–Crippen LogP) is 4.01. The number of nitrogens with zero attached hydrogens (tertiary/aromatic N) is 2. The first-order valence-corrected chi connectivity index (χ1v) is 14.5. The minimum absolute atomic E-state index is 0.0154. The van der Waals surface area contributed by atoms with Crippen LogP contribution in [0.1, 0.15) is 83.1 Å². The van der Waals surface area contributed by atoms with E-state index in [2.05, 4.69) is 12.2 Å². The van der Waals surface area contributed by atoms with Gasteiger partial charge in [-0.3, -0.25) is 9.59 Å². The van der Waals surface area contributed by atoms with Crippen molar-refractivity contribution in [2.24, 2.45) is 5.92 Å². The number of fused-ring (bicyclic) bond motifs is 1. The molecule has 34 heavy (non-hydrogen) atoms. The van der Waals surface area contributed by atoms with Crippen LogP contribution in [0.3, 0.4) is 0 Å². The van der Waals surface area contributed by atoms with Gasteiger partial charge in [-0.1, -0.05) is 39.0 Å². The molecule has 1 saturated heterocycles. The second kappa shape index (κ2) is 11.2. The summed E-state index contributed by atoms with van der Waals surface area (Å²) in [5.74, 6) is 0.338. The number of nitrogens with one attached hydrogen (secondary N) is 1. The highest BCUT2D eigenvalue weighted by atomic mass is 32.2. The lowest BCUT2D eigenvalue weighted by atomic mass is 9.97. The summed E-state index contributed by atoms with van der Waals surface area (Å²) in [5, 5.41) is 3.15. The Bertz CT molecular complexity index is 978. The van der Waals surface area contributed by atoms with Crippen molar-refractivity contribution in [2.75, 3.05) is 24.5 Å². The van der Waals surface area contributed by atoms with Gasteiger partial charge in [0.25, 0.3) is 0 Å². The highest BCUT2D eigenvalue weighted by molar-refractivity contribution is 7.89. The van der Waals surface area contributed by atoms with Crippen LogP contribution in [0.2, 0.25) is 0 Å². The van der Waals surface area contributed by atoms with Crippen molar-refractivity contribution in [1.82, 2.24) is 9.62 Å². The predicted molar refractivity (Wildman–Crippen MR) is 133 cm³/mol. The molecule has 0 spiro atoms. The van der Waals surface area contributed by atoms with Gasteiger partial charge >= 0.3 is 0 Å². The van der Waals surface area contributed by atoms with Crippen LogP contribution >= 0.6 is 0 Å². The van der Waals surface area contributed by atoms with Crippen molar-refractivity contribution in [3.8, 4) is 0 Å². The fraction of sp³-hybridized carbons (Fsp3) is 0.692. The van der Waals surface area contributed by atoms with Crippen LogP contribution in [0.25, 0.3) is 0 Å². The van der Waals surface area contributed by atoms with Crippen LogP contribution in [0.4, 0.5) is 5.69 Å². The van der Waals surface area contributed by atoms with E-state index in [9.17, 15) is 18.0 Å². The molecule has 0 atom stereocenters. The molecule has 188 valence electrons. The number of anilines is 1. The first-order valence-electron chi connectivity index (χ1n) is 13.1. The SMILES string of the molecule is CC1CCN(S(=O)(=O)c2ccc3c(c2)CCCC(=O)N3CC(=O)NC2CCCCCCC2)CC1. The lowest BCUT2D eigenvalue weighted by molar-refractivity contribution is -0.124. The normalized spacial score (nSPS) is 21.9. The number of aryl methyl sites for hydroxylation is 1. The molecule has 1 saturated carbocycles. The summed E-state index contributed by atoms with van der Waals surface area (Å²) in [5.41, 5.74) is 1.50. The Labute approximate surface area is 204 Å². The molecule has 7 nitrogen and oxygen atoms in total. The maximum absolute atomic E-state index is 13.2. The molecule has 2 amide bonds. The maximum atomic E-state index is 13.2. The van der Waals surface area contributed by atoms with Gasteiger partial charge in [0.05, 0.1) is 4.90 Å². The molecule has 2 heterocycles. The zero-order chi connectivity index (χ0) is 24.1. The molecule has 1 N–H and O–H groups in total. The molecular formula is C26H39N3O4S. The molecule has 1 aromatic carbocycles. The van der Waals surface area contributed by atoms with E-state index in [4.69, 9.17) is 0 Å². The standard InChI is InChI=1S/C26H39N3O4S/c1-20-14-16-28(17-15-20)34(32,33)23-12-13-24-21(18-23)8-7-11-26(31)29(24)19-25(30)27-22-9-5-3-2-4-6-10-22/h12-13,18,20,22H,2-11,14-17,19H2,1H3,(H,27,30). The summed E-state index contributed by atoms with van der Waals surface area (Å²) in [6.07, 6.45) is 11.3. The lowest BCUT2D eigenvalue weighted by Gasteiger charge is -2.30. The van der Waals surface area contributed by atoms with Crippen molar-refractivity contribution < 1.29 is 18.0 Å². The topological polar surface area (TPSA) is 86.8 Å². The number of sulfonamides is 1.